The molecule has 2 amide bonds. The number of hydrogen-bond donors (Lipinski definition) is 0. The number of carbonyl (C=O) groups excluding carboxylic acids is 2. The molecule has 0 aliphatic heterocycles. The zero-order valence-electron chi connectivity index (χ0n) is 24.6. The van der Waals surface area contributed by atoms with E-state index in [1.807, 2.05) is 48.1 Å². The molecule has 0 spiro atoms. The fourth-order valence-electron chi connectivity index (χ4n) is 4.39. The van der Waals surface area contributed by atoms with Gasteiger partial charge in [0.25, 0.3) is 0 Å². The number of pyridine rings is 1. The second-order valence-electron chi connectivity index (χ2n) is 10.2. The molecule has 2 aromatic rings. The minimum atomic E-state index is -0.682. The fourth-order valence-corrected chi connectivity index (χ4v) is 4.65. The first-order valence-electron chi connectivity index (χ1n) is 14.8. The van der Waals surface area contributed by atoms with E-state index in [0.717, 1.165) is 35.4 Å². The highest BCUT2D eigenvalue weighted by atomic mass is 127. The summed E-state index contributed by atoms with van der Waals surface area (Å²) >= 11 is 6.41. The van der Waals surface area contributed by atoms with Crippen LogP contribution in [-0.2, 0) is 29.2 Å². The first-order chi connectivity index (χ1) is 18.9. The Balaban J connectivity index is 0.00000800. The number of hydrogen-bond acceptors (Lipinski definition) is 4. The Kier molecular flexibility index (Phi) is 19.7. The zero-order chi connectivity index (χ0) is 28.3. The maximum absolute atomic E-state index is 12.6. The monoisotopic (exact) mass is 686 g/mol. The van der Waals surface area contributed by atoms with E-state index in [9.17, 15) is 9.59 Å². The standard InChI is InChI=1S/C32H48ClN2O4.HI/c1-4-6-7-8-9-10-11-12-13-14-15-16-23-38-31-18-17-29(24-30(31)33)26-39-32(37)35(27(3)36)25-28-19-21-34(5-2)22-20-28;/h17-22,24H,4-16,23,25-26H2,1-3H3;1H/q+1;/p-1. The quantitative estimate of drug-likeness (QED) is 0.113. The first-order valence-corrected chi connectivity index (χ1v) is 15.2. The molecular weight excluding hydrogens is 639 g/mol. The van der Waals surface area contributed by atoms with Crippen molar-refractivity contribution in [1.82, 2.24) is 4.90 Å². The number of aromatic nitrogens is 1. The Morgan fingerprint density at radius 2 is 1.40 bits per heavy atom. The summed E-state index contributed by atoms with van der Waals surface area (Å²) in [5, 5.41) is 0.486. The SMILES string of the molecule is CCCCCCCCCCCCCCOc1ccc(COC(=O)N(Cc2cc[n+](CC)cc2)C(C)=O)cc1Cl.[I-]. The van der Waals surface area contributed by atoms with Gasteiger partial charge in [-0.1, -0.05) is 95.2 Å². The number of halogens is 2. The number of amides is 2. The summed E-state index contributed by atoms with van der Waals surface area (Å²) in [6.45, 7) is 7.33. The number of unbranched alkanes of at least 4 members (excludes halogenated alkanes) is 11. The maximum atomic E-state index is 12.6. The van der Waals surface area contributed by atoms with Gasteiger partial charge in [-0.2, -0.15) is 0 Å². The third kappa shape index (κ3) is 14.7. The zero-order valence-corrected chi connectivity index (χ0v) is 27.6. The summed E-state index contributed by atoms with van der Waals surface area (Å²) in [5.41, 5.74) is 1.59. The average molecular weight is 687 g/mol. The predicted octanol–water partition coefficient (Wildman–Crippen LogP) is 5.42. The highest BCUT2D eigenvalue weighted by Crippen LogP contribution is 2.26. The van der Waals surface area contributed by atoms with Crippen LogP contribution in [0.4, 0.5) is 4.79 Å². The second-order valence-corrected chi connectivity index (χ2v) is 10.6. The molecule has 40 heavy (non-hydrogen) atoms. The van der Waals surface area contributed by atoms with Gasteiger partial charge in [-0.25, -0.2) is 14.3 Å². The fraction of sp³-hybridized carbons (Fsp3) is 0.594. The third-order valence-electron chi connectivity index (χ3n) is 6.88. The normalized spacial score (nSPS) is 10.6. The van der Waals surface area contributed by atoms with Crippen molar-refractivity contribution in [3.8, 4) is 5.75 Å². The lowest BCUT2D eigenvalue weighted by Crippen LogP contribution is -3.00. The van der Waals surface area contributed by atoms with Gasteiger partial charge in [0.05, 0.1) is 18.2 Å². The summed E-state index contributed by atoms with van der Waals surface area (Å²) in [7, 11) is 0. The number of rotatable bonds is 19. The van der Waals surface area contributed by atoms with Gasteiger partial charge in [-0.15, -0.1) is 0 Å². The van der Waals surface area contributed by atoms with Crippen molar-refractivity contribution >= 4 is 23.6 Å². The van der Waals surface area contributed by atoms with Crippen LogP contribution in [0, 0.1) is 0 Å². The molecular formula is C32H48ClIN2O4. The summed E-state index contributed by atoms with van der Waals surface area (Å²) < 4.78 is 13.3. The van der Waals surface area contributed by atoms with E-state index in [1.54, 1.807) is 6.07 Å². The molecule has 0 fully saturated rings. The van der Waals surface area contributed by atoms with E-state index < -0.39 is 6.09 Å². The molecule has 6 nitrogen and oxygen atoms in total. The van der Waals surface area contributed by atoms with Gasteiger partial charge < -0.3 is 33.5 Å². The summed E-state index contributed by atoms with van der Waals surface area (Å²) in [6.07, 6.45) is 18.8. The summed E-state index contributed by atoms with van der Waals surface area (Å²) in [6, 6.07) is 9.16. The summed E-state index contributed by atoms with van der Waals surface area (Å²) in [4.78, 5) is 25.8. The highest BCUT2D eigenvalue weighted by Gasteiger charge is 2.20. The Morgan fingerprint density at radius 1 is 0.825 bits per heavy atom. The lowest BCUT2D eigenvalue weighted by molar-refractivity contribution is -0.693. The van der Waals surface area contributed by atoms with Crippen molar-refractivity contribution in [2.24, 2.45) is 0 Å². The van der Waals surface area contributed by atoms with Crippen molar-refractivity contribution in [3.63, 3.8) is 0 Å². The highest BCUT2D eigenvalue weighted by molar-refractivity contribution is 6.32. The van der Waals surface area contributed by atoms with E-state index >= 15 is 0 Å². The molecule has 0 N–H and O–H groups in total. The molecule has 1 aromatic carbocycles. The lowest BCUT2D eigenvalue weighted by atomic mass is 10.1. The number of carbonyl (C=O) groups is 2. The molecule has 0 atom stereocenters. The largest absolute Gasteiger partial charge is 1.00 e. The number of imide groups is 1. The van der Waals surface area contributed by atoms with E-state index in [1.165, 1.54) is 71.1 Å². The molecule has 0 aliphatic rings. The van der Waals surface area contributed by atoms with Gasteiger partial charge in [0, 0.05) is 19.1 Å². The van der Waals surface area contributed by atoms with Crippen LogP contribution in [-0.4, -0.2) is 23.5 Å². The van der Waals surface area contributed by atoms with E-state index in [2.05, 4.69) is 6.92 Å². The Morgan fingerprint density at radius 3 is 1.93 bits per heavy atom. The summed E-state index contributed by atoms with van der Waals surface area (Å²) in [5.74, 6) is 0.264. The molecule has 8 heteroatoms. The van der Waals surface area contributed by atoms with Crippen LogP contribution >= 0.6 is 11.6 Å². The maximum Gasteiger partial charge on any atom is 0.417 e. The van der Waals surface area contributed by atoms with Crippen molar-refractivity contribution < 1.29 is 47.6 Å². The second kappa shape index (κ2) is 21.8. The molecule has 0 radical (unpaired) electrons. The van der Waals surface area contributed by atoms with Crippen LogP contribution in [0.25, 0.3) is 0 Å². The average Bonchev–Trinajstić information content (AvgIpc) is 2.94. The molecule has 224 valence electrons. The number of ether oxygens (including phenoxy) is 2. The van der Waals surface area contributed by atoms with Gasteiger partial charge in [0.15, 0.2) is 12.4 Å². The van der Waals surface area contributed by atoms with Crippen molar-refractivity contribution in [2.45, 2.75) is 118 Å². The molecule has 0 saturated carbocycles. The van der Waals surface area contributed by atoms with E-state index in [0.29, 0.717) is 17.4 Å². The van der Waals surface area contributed by atoms with Crippen LogP contribution in [0.2, 0.25) is 5.02 Å². The van der Waals surface area contributed by atoms with Gasteiger partial charge in [-0.3, -0.25) is 4.79 Å². The molecule has 2 rings (SSSR count). The van der Waals surface area contributed by atoms with Crippen LogP contribution in [0.15, 0.2) is 42.7 Å². The molecule has 0 unspecified atom stereocenters. The van der Waals surface area contributed by atoms with Crippen LogP contribution < -0.4 is 33.3 Å². The first kappa shape index (κ1) is 36.2. The van der Waals surface area contributed by atoms with Gasteiger partial charge in [0.1, 0.15) is 18.9 Å². The topological polar surface area (TPSA) is 59.7 Å². The molecule has 1 heterocycles. The van der Waals surface area contributed by atoms with Crippen LogP contribution in [0.3, 0.4) is 0 Å². The third-order valence-corrected chi connectivity index (χ3v) is 7.18. The lowest BCUT2D eigenvalue weighted by Gasteiger charge is -2.19. The van der Waals surface area contributed by atoms with Gasteiger partial charge in [-0.05, 0) is 36.6 Å². The van der Waals surface area contributed by atoms with Crippen molar-refractivity contribution in [1.29, 1.82) is 0 Å². The number of benzene rings is 1. The molecule has 1 aromatic heterocycles. The Bertz CT molecular complexity index is 987. The van der Waals surface area contributed by atoms with Gasteiger partial charge >= 0.3 is 6.09 Å². The Hall–Kier alpha value is -1.87. The Labute approximate surface area is 263 Å². The molecule has 0 aliphatic carbocycles. The predicted molar refractivity (Wildman–Crippen MR) is 157 cm³/mol. The smallest absolute Gasteiger partial charge is 0.417 e. The van der Waals surface area contributed by atoms with E-state index in [-0.39, 0.29) is 43.0 Å². The minimum Gasteiger partial charge on any atom is -1.00 e. The molecule has 0 bridgehead atoms. The van der Waals surface area contributed by atoms with Crippen molar-refractivity contribution in [2.75, 3.05) is 6.61 Å². The van der Waals surface area contributed by atoms with E-state index in [4.69, 9.17) is 21.1 Å². The number of aryl methyl sites for hydroxylation is 1. The van der Waals surface area contributed by atoms with Crippen LogP contribution in [0.1, 0.15) is 109 Å². The van der Waals surface area contributed by atoms with Gasteiger partial charge in [0.2, 0.25) is 5.91 Å². The minimum absolute atomic E-state index is 0. The molecule has 0 saturated heterocycles. The van der Waals surface area contributed by atoms with Crippen LogP contribution in [0.5, 0.6) is 5.75 Å². The number of nitrogens with zero attached hydrogens (tertiary/aromatic N) is 2. The van der Waals surface area contributed by atoms with Crippen molar-refractivity contribution in [3.05, 3.63) is 58.9 Å².